The number of aromatic nitrogens is 1. The quantitative estimate of drug-likeness (QED) is 0.344. The molecule has 2 heterocycles. The van der Waals surface area contributed by atoms with Gasteiger partial charge in [0.1, 0.15) is 5.15 Å². The number of hydrogen-bond acceptors (Lipinski definition) is 6. The van der Waals surface area contributed by atoms with E-state index in [1.54, 1.807) is 30.6 Å². The van der Waals surface area contributed by atoms with Crippen molar-refractivity contribution in [2.24, 2.45) is 4.99 Å². The van der Waals surface area contributed by atoms with Crippen LogP contribution >= 0.6 is 23.4 Å². The first-order valence-electron chi connectivity index (χ1n) is 8.74. The Hall–Kier alpha value is -3.03. The van der Waals surface area contributed by atoms with Crippen molar-refractivity contribution in [3.05, 3.63) is 71.5 Å². The number of benzene rings is 2. The third-order valence-corrected chi connectivity index (χ3v) is 5.33. The van der Waals surface area contributed by atoms with Crippen molar-refractivity contribution in [2.75, 3.05) is 17.9 Å². The highest BCUT2D eigenvalue weighted by molar-refractivity contribution is 8.00. The highest BCUT2D eigenvalue weighted by Gasteiger charge is 2.14. The van der Waals surface area contributed by atoms with Crippen molar-refractivity contribution < 1.29 is 14.3 Å². The monoisotopic (exact) mass is 425 g/mol. The first-order chi connectivity index (χ1) is 14.2. The van der Waals surface area contributed by atoms with Gasteiger partial charge in [-0.15, -0.1) is 11.8 Å². The van der Waals surface area contributed by atoms with E-state index in [2.05, 4.69) is 15.3 Å². The number of amides is 1. The lowest BCUT2D eigenvalue weighted by Crippen LogP contribution is -2.13. The number of thioether (sulfide) groups is 1. The maximum absolute atomic E-state index is 12.2. The van der Waals surface area contributed by atoms with Crippen LogP contribution < -0.4 is 14.8 Å². The van der Waals surface area contributed by atoms with E-state index in [1.165, 1.54) is 11.8 Å². The molecular formula is C21H16ClN3O3S. The Morgan fingerprint density at radius 3 is 2.83 bits per heavy atom. The van der Waals surface area contributed by atoms with Crippen molar-refractivity contribution in [1.82, 2.24) is 4.98 Å². The highest BCUT2D eigenvalue weighted by atomic mass is 35.5. The number of halogens is 1. The molecule has 29 heavy (non-hydrogen) atoms. The molecular weight excluding hydrogens is 410 g/mol. The lowest BCUT2D eigenvalue weighted by molar-refractivity contribution is -0.113. The summed E-state index contributed by atoms with van der Waals surface area (Å²) < 4.78 is 10.6. The second kappa shape index (κ2) is 8.98. The molecule has 1 aromatic heterocycles. The molecule has 0 radical (unpaired) electrons. The summed E-state index contributed by atoms with van der Waals surface area (Å²) in [6.07, 6.45) is 3.31. The zero-order valence-electron chi connectivity index (χ0n) is 15.2. The molecule has 1 amide bonds. The van der Waals surface area contributed by atoms with Gasteiger partial charge in [-0.2, -0.15) is 0 Å². The van der Waals surface area contributed by atoms with Crippen molar-refractivity contribution in [1.29, 1.82) is 0 Å². The van der Waals surface area contributed by atoms with E-state index in [0.29, 0.717) is 28.1 Å². The molecule has 1 aliphatic heterocycles. The summed E-state index contributed by atoms with van der Waals surface area (Å²) in [6.45, 7) is 0.206. The molecule has 2 aromatic carbocycles. The average Bonchev–Trinajstić information content (AvgIpc) is 3.20. The minimum Gasteiger partial charge on any atom is -0.454 e. The summed E-state index contributed by atoms with van der Waals surface area (Å²) in [5.41, 5.74) is 2.23. The van der Waals surface area contributed by atoms with E-state index in [1.807, 2.05) is 36.4 Å². The van der Waals surface area contributed by atoms with Gasteiger partial charge in [0.25, 0.3) is 0 Å². The van der Waals surface area contributed by atoms with E-state index in [-0.39, 0.29) is 12.7 Å². The third-order valence-electron chi connectivity index (χ3n) is 4.00. The maximum Gasteiger partial charge on any atom is 0.234 e. The van der Waals surface area contributed by atoms with E-state index in [4.69, 9.17) is 21.1 Å². The van der Waals surface area contributed by atoms with Gasteiger partial charge in [-0.1, -0.05) is 11.6 Å². The number of rotatable bonds is 6. The standard InChI is InChI=1S/C21H16ClN3O3S/c22-21-14(2-1-9-23-21)11-24-15-3-6-17(7-4-15)29-12-20(26)25-16-5-8-18-19(10-16)28-13-27-18/h1-11H,12-13H2,(H,25,26). The van der Waals surface area contributed by atoms with Gasteiger partial charge in [0, 0.05) is 34.6 Å². The normalized spacial score (nSPS) is 12.3. The molecule has 146 valence electrons. The number of carbonyl (C=O) groups is 1. The zero-order chi connectivity index (χ0) is 20.1. The Labute approximate surface area is 176 Å². The number of hydrogen-bond donors (Lipinski definition) is 1. The summed E-state index contributed by atoms with van der Waals surface area (Å²) in [6, 6.07) is 16.6. The van der Waals surface area contributed by atoms with Crippen LogP contribution in [-0.2, 0) is 4.79 Å². The number of aliphatic imine (C=N–C) groups is 1. The van der Waals surface area contributed by atoms with E-state index in [0.717, 1.165) is 16.1 Å². The maximum atomic E-state index is 12.2. The van der Waals surface area contributed by atoms with Gasteiger partial charge in [-0.05, 0) is 48.5 Å². The lowest BCUT2D eigenvalue weighted by Gasteiger charge is -2.06. The fourth-order valence-corrected chi connectivity index (χ4v) is 3.45. The van der Waals surface area contributed by atoms with Gasteiger partial charge in [0.2, 0.25) is 12.7 Å². The summed E-state index contributed by atoms with van der Waals surface area (Å²) in [4.78, 5) is 21.6. The highest BCUT2D eigenvalue weighted by Crippen LogP contribution is 2.34. The first-order valence-corrected chi connectivity index (χ1v) is 10.1. The molecule has 0 atom stereocenters. The Bertz CT molecular complexity index is 1060. The number of nitrogens with one attached hydrogen (secondary N) is 1. The van der Waals surface area contributed by atoms with Crippen LogP contribution in [0, 0.1) is 0 Å². The number of anilines is 1. The second-order valence-corrected chi connectivity index (χ2v) is 7.45. The molecule has 0 unspecified atom stereocenters. The molecule has 8 heteroatoms. The van der Waals surface area contributed by atoms with Crippen molar-refractivity contribution >= 4 is 46.9 Å². The molecule has 1 N–H and O–H groups in total. The predicted octanol–water partition coefficient (Wildman–Crippen LogP) is 4.95. The van der Waals surface area contributed by atoms with Crippen LogP contribution in [0.15, 0.2) is 70.7 Å². The average molecular weight is 426 g/mol. The van der Waals surface area contributed by atoms with Crippen molar-refractivity contribution in [3.63, 3.8) is 0 Å². The van der Waals surface area contributed by atoms with Gasteiger partial charge < -0.3 is 14.8 Å². The Morgan fingerprint density at radius 2 is 2.00 bits per heavy atom. The number of nitrogens with zero attached hydrogens (tertiary/aromatic N) is 2. The van der Waals surface area contributed by atoms with E-state index in [9.17, 15) is 4.79 Å². The fourth-order valence-electron chi connectivity index (χ4n) is 2.59. The third kappa shape index (κ3) is 5.07. The molecule has 0 aliphatic carbocycles. The largest absolute Gasteiger partial charge is 0.454 e. The minimum atomic E-state index is -0.0952. The van der Waals surface area contributed by atoms with Gasteiger partial charge in [-0.3, -0.25) is 9.79 Å². The van der Waals surface area contributed by atoms with Crippen LogP contribution in [0.3, 0.4) is 0 Å². The SMILES string of the molecule is O=C(CSc1ccc(N=Cc2cccnc2Cl)cc1)Nc1ccc2c(c1)OCO2. The summed E-state index contributed by atoms with van der Waals surface area (Å²) in [5.74, 6) is 1.52. The number of carbonyl (C=O) groups excluding carboxylic acids is 1. The zero-order valence-corrected chi connectivity index (χ0v) is 16.7. The molecule has 1 aliphatic rings. The summed E-state index contributed by atoms with van der Waals surface area (Å²) in [5, 5.41) is 3.27. The minimum absolute atomic E-state index is 0.0952. The Balaban J connectivity index is 1.30. The Kier molecular flexibility index (Phi) is 5.97. The van der Waals surface area contributed by atoms with E-state index < -0.39 is 0 Å². The molecule has 0 saturated heterocycles. The van der Waals surface area contributed by atoms with E-state index >= 15 is 0 Å². The van der Waals surface area contributed by atoms with Gasteiger partial charge in [0.05, 0.1) is 11.4 Å². The van der Waals surface area contributed by atoms with Crippen LogP contribution in [-0.4, -0.2) is 29.7 Å². The van der Waals surface area contributed by atoms with Crippen molar-refractivity contribution in [3.8, 4) is 11.5 Å². The number of pyridine rings is 1. The smallest absolute Gasteiger partial charge is 0.234 e. The Morgan fingerprint density at radius 1 is 1.17 bits per heavy atom. The molecule has 0 fully saturated rings. The molecule has 0 saturated carbocycles. The molecule has 3 aromatic rings. The first kappa shape index (κ1) is 19.3. The van der Waals surface area contributed by atoms with Gasteiger partial charge in [0.15, 0.2) is 11.5 Å². The van der Waals surface area contributed by atoms with Crippen LogP contribution in [0.25, 0.3) is 0 Å². The molecule has 0 bridgehead atoms. The fraction of sp³-hybridized carbons (Fsp3) is 0.0952. The topological polar surface area (TPSA) is 72.8 Å². The summed E-state index contributed by atoms with van der Waals surface area (Å²) >= 11 is 7.46. The van der Waals surface area contributed by atoms with Crippen LogP contribution in [0.1, 0.15) is 5.56 Å². The summed E-state index contributed by atoms with van der Waals surface area (Å²) in [7, 11) is 0. The molecule has 0 spiro atoms. The van der Waals surface area contributed by atoms with Crippen LogP contribution in [0.4, 0.5) is 11.4 Å². The van der Waals surface area contributed by atoms with Gasteiger partial charge >= 0.3 is 0 Å². The van der Waals surface area contributed by atoms with Crippen LogP contribution in [0.5, 0.6) is 11.5 Å². The predicted molar refractivity (Wildman–Crippen MR) is 115 cm³/mol. The van der Waals surface area contributed by atoms with Crippen LogP contribution in [0.2, 0.25) is 5.15 Å². The van der Waals surface area contributed by atoms with Crippen molar-refractivity contribution in [2.45, 2.75) is 4.90 Å². The molecule has 4 rings (SSSR count). The number of fused-ring (bicyclic) bond motifs is 1. The molecule has 6 nitrogen and oxygen atoms in total. The van der Waals surface area contributed by atoms with Gasteiger partial charge in [-0.25, -0.2) is 4.98 Å². The second-order valence-electron chi connectivity index (χ2n) is 6.04. The number of ether oxygens (including phenoxy) is 2. The lowest BCUT2D eigenvalue weighted by atomic mass is 10.3.